The van der Waals surface area contributed by atoms with Crippen molar-refractivity contribution < 1.29 is 0 Å². The smallest absolute Gasteiger partial charge is 0.191 e. The molecule has 0 bridgehead atoms. The second-order valence-corrected chi connectivity index (χ2v) is 5.69. The minimum atomic E-state index is 0.577. The second kappa shape index (κ2) is 6.24. The molecular formula is C14H24N6. The van der Waals surface area contributed by atoms with Gasteiger partial charge in [-0.25, -0.2) is 0 Å². The number of nitrogens with one attached hydrogen (secondary N) is 2. The first-order valence-electron chi connectivity index (χ1n) is 7.75. The van der Waals surface area contributed by atoms with E-state index in [2.05, 4.69) is 30.4 Å². The van der Waals surface area contributed by atoms with Gasteiger partial charge in [-0.3, -0.25) is 4.99 Å². The summed E-state index contributed by atoms with van der Waals surface area (Å²) in [5.41, 5.74) is 0. The Morgan fingerprint density at radius 1 is 1.25 bits per heavy atom. The third-order valence-electron chi connectivity index (χ3n) is 4.27. The van der Waals surface area contributed by atoms with E-state index in [4.69, 9.17) is 0 Å². The number of aliphatic imine (C=N–C) groups is 1. The number of fused-ring (bicyclic) bond motifs is 1. The van der Waals surface area contributed by atoms with Crippen LogP contribution in [0.1, 0.15) is 50.2 Å². The monoisotopic (exact) mass is 276 g/mol. The van der Waals surface area contributed by atoms with Gasteiger partial charge in [0, 0.05) is 26.1 Å². The molecule has 0 spiro atoms. The van der Waals surface area contributed by atoms with E-state index in [0.29, 0.717) is 12.6 Å². The summed E-state index contributed by atoms with van der Waals surface area (Å²) in [6.45, 7) is 1.74. The first-order valence-corrected chi connectivity index (χ1v) is 7.75. The summed E-state index contributed by atoms with van der Waals surface area (Å²) in [6.07, 6.45) is 8.67. The quantitative estimate of drug-likeness (QED) is 0.643. The normalized spacial score (nSPS) is 19.9. The third kappa shape index (κ3) is 2.94. The van der Waals surface area contributed by atoms with Gasteiger partial charge in [0.2, 0.25) is 0 Å². The Hall–Kier alpha value is -1.59. The topological polar surface area (TPSA) is 67.1 Å². The van der Waals surface area contributed by atoms with Gasteiger partial charge in [-0.15, -0.1) is 10.2 Å². The van der Waals surface area contributed by atoms with E-state index in [1.54, 1.807) is 0 Å². The molecule has 6 heteroatoms. The highest BCUT2D eigenvalue weighted by Crippen LogP contribution is 2.17. The zero-order valence-corrected chi connectivity index (χ0v) is 12.2. The fourth-order valence-electron chi connectivity index (χ4n) is 3.12. The molecule has 1 aromatic heterocycles. The molecule has 110 valence electrons. The molecule has 1 aliphatic carbocycles. The standard InChI is InChI=1S/C14H24N6/c1-15-14(17-11-6-2-3-7-11)16-10-13-19-18-12-8-4-5-9-20(12)13/h11H,2-10H2,1H3,(H2,15,16,17). The highest BCUT2D eigenvalue weighted by molar-refractivity contribution is 5.79. The molecule has 6 nitrogen and oxygen atoms in total. The molecule has 0 amide bonds. The fraction of sp³-hybridized carbons (Fsp3) is 0.786. The van der Waals surface area contributed by atoms with Gasteiger partial charge in [0.25, 0.3) is 0 Å². The lowest BCUT2D eigenvalue weighted by Crippen LogP contribution is -2.42. The van der Waals surface area contributed by atoms with Crippen LogP contribution in [0.15, 0.2) is 4.99 Å². The first kappa shape index (κ1) is 13.4. The van der Waals surface area contributed by atoms with Crippen molar-refractivity contribution in [2.75, 3.05) is 7.05 Å². The Balaban J connectivity index is 1.56. The summed E-state index contributed by atoms with van der Waals surface area (Å²) < 4.78 is 2.25. The Kier molecular flexibility index (Phi) is 4.18. The number of aryl methyl sites for hydroxylation is 1. The lowest BCUT2D eigenvalue weighted by Gasteiger charge is -2.18. The first-order chi connectivity index (χ1) is 9.86. The highest BCUT2D eigenvalue weighted by atomic mass is 15.3. The van der Waals surface area contributed by atoms with Crippen molar-refractivity contribution in [3.63, 3.8) is 0 Å². The van der Waals surface area contributed by atoms with Crippen molar-refractivity contribution in [2.45, 2.75) is 64.1 Å². The molecule has 20 heavy (non-hydrogen) atoms. The van der Waals surface area contributed by atoms with E-state index in [-0.39, 0.29) is 0 Å². The van der Waals surface area contributed by atoms with Crippen LogP contribution < -0.4 is 10.6 Å². The molecule has 1 aromatic rings. The Morgan fingerprint density at radius 3 is 2.90 bits per heavy atom. The van der Waals surface area contributed by atoms with Crippen LogP contribution in [-0.2, 0) is 19.5 Å². The van der Waals surface area contributed by atoms with Crippen LogP contribution in [0, 0.1) is 0 Å². The number of guanidine groups is 1. The summed E-state index contributed by atoms with van der Waals surface area (Å²) in [4.78, 5) is 4.30. The van der Waals surface area contributed by atoms with Crippen LogP contribution in [0.5, 0.6) is 0 Å². The van der Waals surface area contributed by atoms with Crippen LogP contribution in [0.4, 0.5) is 0 Å². The minimum Gasteiger partial charge on any atom is -0.354 e. The van der Waals surface area contributed by atoms with Gasteiger partial charge in [-0.2, -0.15) is 0 Å². The molecule has 2 aliphatic rings. The van der Waals surface area contributed by atoms with E-state index in [9.17, 15) is 0 Å². The molecule has 1 aliphatic heterocycles. The molecular weight excluding hydrogens is 252 g/mol. The number of nitrogens with zero attached hydrogens (tertiary/aromatic N) is 4. The van der Waals surface area contributed by atoms with Gasteiger partial charge in [-0.1, -0.05) is 12.8 Å². The largest absolute Gasteiger partial charge is 0.354 e. The highest BCUT2D eigenvalue weighted by Gasteiger charge is 2.18. The molecule has 2 N–H and O–H groups in total. The van der Waals surface area contributed by atoms with Gasteiger partial charge in [-0.05, 0) is 25.7 Å². The maximum absolute atomic E-state index is 4.30. The summed E-state index contributed by atoms with van der Waals surface area (Å²) in [7, 11) is 1.82. The van der Waals surface area contributed by atoms with Gasteiger partial charge in [0.15, 0.2) is 11.8 Å². The van der Waals surface area contributed by atoms with Crippen molar-refractivity contribution in [2.24, 2.45) is 4.99 Å². The van der Waals surface area contributed by atoms with Crippen LogP contribution >= 0.6 is 0 Å². The number of hydrogen-bond donors (Lipinski definition) is 2. The molecule has 0 aromatic carbocycles. The van der Waals surface area contributed by atoms with Crippen LogP contribution in [0.2, 0.25) is 0 Å². The summed E-state index contributed by atoms with van der Waals surface area (Å²) in [5, 5.41) is 15.4. The number of hydrogen-bond acceptors (Lipinski definition) is 3. The SMILES string of the molecule is CN=C(NCc1nnc2n1CCCC2)NC1CCCC1. The van der Waals surface area contributed by atoms with E-state index in [0.717, 1.165) is 30.6 Å². The van der Waals surface area contributed by atoms with Crippen molar-refractivity contribution in [3.05, 3.63) is 11.6 Å². The second-order valence-electron chi connectivity index (χ2n) is 5.69. The van der Waals surface area contributed by atoms with E-state index >= 15 is 0 Å². The molecule has 2 heterocycles. The van der Waals surface area contributed by atoms with Gasteiger partial charge in [0.1, 0.15) is 5.82 Å². The van der Waals surface area contributed by atoms with Gasteiger partial charge in [0.05, 0.1) is 6.54 Å². The summed E-state index contributed by atoms with van der Waals surface area (Å²) >= 11 is 0. The third-order valence-corrected chi connectivity index (χ3v) is 4.27. The lowest BCUT2D eigenvalue weighted by molar-refractivity contribution is 0.504. The average Bonchev–Trinajstić information content (AvgIpc) is 3.13. The Morgan fingerprint density at radius 2 is 2.10 bits per heavy atom. The lowest BCUT2D eigenvalue weighted by atomic mass is 10.2. The maximum atomic E-state index is 4.30. The van der Waals surface area contributed by atoms with E-state index in [1.807, 2.05) is 7.05 Å². The van der Waals surface area contributed by atoms with Crippen molar-refractivity contribution in [1.29, 1.82) is 0 Å². The Labute approximate surface area is 120 Å². The number of rotatable bonds is 3. The molecule has 0 saturated heterocycles. The molecule has 0 atom stereocenters. The molecule has 1 fully saturated rings. The van der Waals surface area contributed by atoms with E-state index in [1.165, 1.54) is 38.5 Å². The van der Waals surface area contributed by atoms with Gasteiger partial charge < -0.3 is 15.2 Å². The summed E-state index contributed by atoms with van der Waals surface area (Å²) in [6, 6.07) is 0.577. The van der Waals surface area contributed by atoms with Crippen LogP contribution in [-0.4, -0.2) is 33.8 Å². The van der Waals surface area contributed by atoms with Crippen molar-refractivity contribution in [3.8, 4) is 0 Å². The number of aromatic nitrogens is 3. The average molecular weight is 276 g/mol. The fourth-order valence-corrected chi connectivity index (χ4v) is 3.12. The maximum Gasteiger partial charge on any atom is 0.191 e. The van der Waals surface area contributed by atoms with E-state index < -0.39 is 0 Å². The van der Waals surface area contributed by atoms with Crippen molar-refractivity contribution in [1.82, 2.24) is 25.4 Å². The van der Waals surface area contributed by atoms with Crippen LogP contribution in [0.3, 0.4) is 0 Å². The Bertz CT molecular complexity index is 472. The molecule has 0 radical (unpaired) electrons. The predicted octanol–water partition coefficient (Wildman–Crippen LogP) is 1.22. The van der Waals surface area contributed by atoms with Crippen molar-refractivity contribution >= 4 is 5.96 Å². The predicted molar refractivity (Wildman–Crippen MR) is 78.6 cm³/mol. The zero-order chi connectivity index (χ0) is 13.8. The van der Waals surface area contributed by atoms with Crippen LogP contribution in [0.25, 0.3) is 0 Å². The molecule has 3 rings (SSSR count). The minimum absolute atomic E-state index is 0.577. The molecule has 0 unspecified atom stereocenters. The molecule has 1 saturated carbocycles. The van der Waals surface area contributed by atoms with Gasteiger partial charge >= 0.3 is 0 Å². The summed E-state index contributed by atoms with van der Waals surface area (Å²) in [5.74, 6) is 3.03. The zero-order valence-electron chi connectivity index (χ0n) is 12.2.